The Balaban J connectivity index is 1.40. The van der Waals surface area contributed by atoms with Crippen molar-refractivity contribution in [1.82, 2.24) is 15.3 Å². The molecule has 1 amide bonds. The molecule has 152 valence electrons. The lowest BCUT2D eigenvalue weighted by atomic mass is 10.1. The van der Waals surface area contributed by atoms with Gasteiger partial charge in [-0.2, -0.15) is 0 Å². The molecular formula is C23H23N5O2. The number of rotatable bonds is 9. The number of aliphatic hydroxyl groups excluding tert-OH is 1. The lowest BCUT2D eigenvalue weighted by Gasteiger charge is -2.10. The van der Waals surface area contributed by atoms with E-state index in [2.05, 4.69) is 25.4 Å². The van der Waals surface area contributed by atoms with Gasteiger partial charge in [0.2, 0.25) is 5.91 Å². The fourth-order valence-corrected chi connectivity index (χ4v) is 2.89. The van der Waals surface area contributed by atoms with Crippen molar-refractivity contribution >= 4 is 17.4 Å². The second kappa shape index (κ2) is 10.8. The van der Waals surface area contributed by atoms with Crippen LogP contribution in [0, 0.1) is 6.57 Å². The highest BCUT2D eigenvalue weighted by Crippen LogP contribution is 2.14. The number of amides is 1. The molecule has 0 aliphatic heterocycles. The van der Waals surface area contributed by atoms with E-state index in [1.165, 1.54) is 0 Å². The summed E-state index contributed by atoms with van der Waals surface area (Å²) in [6, 6.07) is 18.2. The van der Waals surface area contributed by atoms with Gasteiger partial charge in [0.05, 0.1) is 6.42 Å². The highest BCUT2D eigenvalue weighted by atomic mass is 16.3. The molecule has 1 atom stereocenters. The maximum absolute atomic E-state index is 12.1. The number of nitrogens with zero attached hydrogens (tertiary/aromatic N) is 3. The van der Waals surface area contributed by atoms with Gasteiger partial charge < -0.3 is 20.6 Å². The molecule has 0 fully saturated rings. The Morgan fingerprint density at radius 1 is 1.10 bits per heavy atom. The third kappa shape index (κ3) is 6.48. The van der Waals surface area contributed by atoms with Crippen molar-refractivity contribution in [2.24, 2.45) is 0 Å². The Kier molecular flexibility index (Phi) is 7.61. The molecule has 0 aliphatic carbocycles. The van der Waals surface area contributed by atoms with Crippen LogP contribution in [-0.2, 0) is 17.6 Å². The molecule has 0 radical (unpaired) electrons. The van der Waals surface area contributed by atoms with Crippen LogP contribution in [0.2, 0.25) is 0 Å². The summed E-state index contributed by atoms with van der Waals surface area (Å²) in [5, 5.41) is 16.3. The zero-order valence-corrected chi connectivity index (χ0v) is 16.5. The number of pyridine rings is 2. The Bertz CT molecular complexity index is 1000. The van der Waals surface area contributed by atoms with E-state index in [1.54, 1.807) is 24.4 Å². The lowest BCUT2D eigenvalue weighted by Crippen LogP contribution is -2.24. The van der Waals surface area contributed by atoms with Crippen molar-refractivity contribution in [2.75, 3.05) is 18.4 Å². The number of nitrogens with one attached hydrogen (secondary N) is 2. The largest absolute Gasteiger partial charge is 0.383 e. The summed E-state index contributed by atoms with van der Waals surface area (Å²) < 4.78 is 0. The van der Waals surface area contributed by atoms with Gasteiger partial charge in [-0.15, -0.1) is 4.98 Å². The molecule has 7 heteroatoms. The maximum Gasteiger partial charge on any atom is 0.269 e. The molecule has 1 aromatic carbocycles. The quantitative estimate of drug-likeness (QED) is 0.379. The van der Waals surface area contributed by atoms with Crippen LogP contribution in [-0.4, -0.2) is 34.1 Å². The summed E-state index contributed by atoms with van der Waals surface area (Å²) in [7, 11) is 0. The molecule has 2 aromatic heterocycles. The molecule has 0 bridgehead atoms. The van der Waals surface area contributed by atoms with Crippen molar-refractivity contribution in [3.05, 3.63) is 95.2 Å². The minimum absolute atomic E-state index is 0.104. The molecule has 0 saturated heterocycles. The Morgan fingerprint density at radius 3 is 2.67 bits per heavy atom. The molecule has 1 unspecified atom stereocenters. The fourth-order valence-electron chi connectivity index (χ4n) is 2.89. The Labute approximate surface area is 175 Å². The number of aromatic nitrogens is 2. The highest BCUT2D eigenvalue weighted by molar-refractivity contribution is 5.92. The fraction of sp³-hybridized carbons (Fsp3) is 0.217. The number of carbonyl (C=O) groups is 1. The number of hydrogen-bond acceptors (Lipinski definition) is 5. The Morgan fingerprint density at radius 2 is 1.93 bits per heavy atom. The lowest BCUT2D eigenvalue weighted by molar-refractivity contribution is -0.115. The molecule has 30 heavy (non-hydrogen) atoms. The van der Waals surface area contributed by atoms with Gasteiger partial charge in [0.25, 0.3) is 5.82 Å². The minimum Gasteiger partial charge on any atom is -0.383 e. The zero-order chi connectivity index (χ0) is 21.2. The van der Waals surface area contributed by atoms with E-state index in [4.69, 9.17) is 6.57 Å². The van der Waals surface area contributed by atoms with Gasteiger partial charge in [-0.3, -0.25) is 9.78 Å². The topological polar surface area (TPSA) is 91.5 Å². The van der Waals surface area contributed by atoms with Crippen LogP contribution < -0.4 is 10.6 Å². The first-order valence-corrected chi connectivity index (χ1v) is 9.66. The normalized spacial score (nSPS) is 11.5. The average Bonchev–Trinajstić information content (AvgIpc) is 2.78. The average molecular weight is 401 g/mol. The first-order chi connectivity index (χ1) is 14.6. The van der Waals surface area contributed by atoms with Crippen LogP contribution in [0.1, 0.15) is 23.1 Å². The third-order valence-electron chi connectivity index (χ3n) is 4.45. The minimum atomic E-state index is -0.761. The van der Waals surface area contributed by atoms with E-state index < -0.39 is 6.10 Å². The molecule has 3 rings (SSSR count). The molecule has 0 saturated carbocycles. The highest BCUT2D eigenvalue weighted by Gasteiger charge is 2.12. The van der Waals surface area contributed by atoms with Gasteiger partial charge in [-0.25, -0.2) is 0 Å². The molecule has 0 spiro atoms. The summed E-state index contributed by atoms with van der Waals surface area (Å²) >= 11 is 0. The second-order valence-corrected chi connectivity index (χ2v) is 6.75. The van der Waals surface area contributed by atoms with Crippen LogP contribution >= 0.6 is 0 Å². The number of carbonyl (C=O) groups excluding carboxylic acids is 1. The summed E-state index contributed by atoms with van der Waals surface area (Å²) in [4.78, 5) is 23.6. The van der Waals surface area contributed by atoms with Crippen LogP contribution in [0.5, 0.6) is 0 Å². The van der Waals surface area contributed by atoms with Crippen molar-refractivity contribution in [2.45, 2.75) is 18.9 Å². The van der Waals surface area contributed by atoms with Crippen molar-refractivity contribution in [3.8, 4) is 0 Å². The summed E-state index contributed by atoms with van der Waals surface area (Å²) in [5.41, 5.74) is 3.08. The number of benzene rings is 1. The summed E-state index contributed by atoms with van der Waals surface area (Å²) in [6.07, 6.45) is 1.93. The second-order valence-electron chi connectivity index (χ2n) is 6.75. The van der Waals surface area contributed by atoms with E-state index in [-0.39, 0.29) is 18.1 Å². The van der Waals surface area contributed by atoms with Gasteiger partial charge in [-0.1, -0.05) is 30.8 Å². The molecule has 7 nitrogen and oxygen atoms in total. The van der Waals surface area contributed by atoms with Crippen LogP contribution in [0.25, 0.3) is 4.85 Å². The van der Waals surface area contributed by atoms with Crippen molar-refractivity contribution in [1.29, 1.82) is 0 Å². The summed E-state index contributed by atoms with van der Waals surface area (Å²) in [5.74, 6) is 0.173. The number of hydrogen-bond donors (Lipinski definition) is 3. The number of anilines is 1. The predicted molar refractivity (Wildman–Crippen MR) is 115 cm³/mol. The molecule has 0 aliphatic rings. The zero-order valence-electron chi connectivity index (χ0n) is 16.5. The summed E-state index contributed by atoms with van der Waals surface area (Å²) in [6.45, 7) is 8.03. The van der Waals surface area contributed by atoms with Crippen molar-refractivity contribution in [3.63, 3.8) is 0 Å². The van der Waals surface area contributed by atoms with Gasteiger partial charge in [-0.05, 0) is 54.9 Å². The first kappa shape index (κ1) is 21.1. The van der Waals surface area contributed by atoms with Gasteiger partial charge in [0.1, 0.15) is 6.10 Å². The maximum atomic E-state index is 12.1. The van der Waals surface area contributed by atoms with E-state index >= 15 is 0 Å². The van der Waals surface area contributed by atoms with Crippen LogP contribution in [0.3, 0.4) is 0 Å². The van der Waals surface area contributed by atoms with Crippen molar-refractivity contribution < 1.29 is 9.90 Å². The molecule has 3 N–H and O–H groups in total. The van der Waals surface area contributed by atoms with E-state index in [1.807, 2.05) is 42.5 Å². The standard InChI is InChI=1S/C23H23N5O2/c1-24-22-7-4-6-20(28-22)21(29)16-25-14-12-17-8-10-18(11-9-17)27-23(30)15-19-5-2-3-13-26-19/h2-11,13,21,25,29H,12,14-16H2,(H,27,30). The van der Waals surface area contributed by atoms with Crippen LogP contribution in [0.15, 0.2) is 66.9 Å². The molecule has 3 aromatic rings. The smallest absolute Gasteiger partial charge is 0.269 e. The number of aliphatic hydroxyl groups is 1. The monoisotopic (exact) mass is 401 g/mol. The molecule has 2 heterocycles. The van der Waals surface area contributed by atoms with E-state index in [0.717, 1.165) is 23.4 Å². The predicted octanol–water partition coefficient (Wildman–Crippen LogP) is 3.07. The van der Waals surface area contributed by atoms with E-state index in [9.17, 15) is 9.90 Å². The van der Waals surface area contributed by atoms with Crippen LogP contribution in [0.4, 0.5) is 11.5 Å². The first-order valence-electron chi connectivity index (χ1n) is 9.66. The van der Waals surface area contributed by atoms with Gasteiger partial charge in [0, 0.05) is 24.1 Å². The molecular weight excluding hydrogens is 378 g/mol. The van der Waals surface area contributed by atoms with E-state index in [0.29, 0.717) is 18.8 Å². The third-order valence-corrected chi connectivity index (χ3v) is 4.45. The van der Waals surface area contributed by atoms with Gasteiger partial charge in [0.15, 0.2) is 5.69 Å². The SMILES string of the molecule is [C-]#[N+]c1cccc(C(O)CNCCc2ccc(NC(=O)Cc3ccccn3)cc2)n1. The van der Waals surface area contributed by atoms with Gasteiger partial charge >= 0.3 is 0 Å². The Hall–Kier alpha value is -3.60.